The van der Waals surface area contributed by atoms with Gasteiger partial charge in [-0.3, -0.25) is 4.79 Å². The Balaban J connectivity index is 1.95. The van der Waals surface area contributed by atoms with Crippen LogP contribution >= 0.6 is 0 Å². The molecule has 2 aliphatic rings. The second-order valence-electron chi connectivity index (χ2n) is 8.54. The Morgan fingerprint density at radius 3 is 2.75 bits per heavy atom. The lowest BCUT2D eigenvalue weighted by molar-refractivity contribution is -0.152. The highest BCUT2D eigenvalue weighted by Crippen LogP contribution is 2.62. The Labute approximate surface area is 165 Å². The van der Waals surface area contributed by atoms with E-state index in [1.54, 1.807) is 18.6 Å². The van der Waals surface area contributed by atoms with E-state index in [0.717, 1.165) is 31.2 Å². The first-order valence-corrected chi connectivity index (χ1v) is 10.0. The number of carboxylic acids is 1. The minimum atomic E-state index is -0.936. The van der Waals surface area contributed by atoms with Gasteiger partial charge in [0.1, 0.15) is 0 Å². The van der Waals surface area contributed by atoms with Crippen molar-refractivity contribution >= 4 is 11.9 Å². The normalized spacial score (nSPS) is 32.3. The average Bonchev–Trinajstić information content (AvgIpc) is 3.19. The van der Waals surface area contributed by atoms with E-state index < -0.39 is 11.4 Å². The number of carbonyl (C=O) groups excluding carboxylic acids is 1. The van der Waals surface area contributed by atoms with E-state index in [9.17, 15) is 19.8 Å². The number of aryl methyl sites for hydroxylation is 1. The molecule has 4 unspecified atom stereocenters. The number of aliphatic hydroxyl groups excluding tert-OH is 1. The first-order chi connectivity index (χ1) is 13.3. The van der Waals surface area contributed by atoms with Gasteiger partial charge in [0.2, 0.25) is 0 Å². The zero-order chi connectivity index (χ0) is 20.4. The standard InChI is InChI=1S/C22H30O6/c1-15(24)28-13-17-7-10-22(14-23)18(20(25)26)4-3-5-19(22)21(17,2)9-6-16-8-11-27-12-16/h4,8,11-12,17,19,23H,3,5-7,9-10,13-14H2,1-2H3,(H,25,26). The molecule has 1 heterocycles. The monoisotopic (exact) mass is 390 g/mol. The van der Waals surface area contributed by atoms with Crippen molar-refractivity contribution in [1.82, 2.24) is 0 Å². The smallest absolute Gasteiger partial charge is 0.331 e. The second kappa shape index (κ2) is 8.11. The molecule has 3 rings (SSSR count). The molecule has 4 atom stereocenters. The first-order valence-electron chi connectivity index (χ1n) is 10.0. The molecule has 6 heteroatoms. The molecule has 2 N–H and O–H groups in total. The topological polar surface area (TPSA) is 97.0 Å². The van der Waals surface area contributed by atoms with Crippen molar-refractivity contribution in [2.45, 2.75) is 52.4 Å². The average molecular weight is 390 g/mol. The summed E-state index contributed by atoms with van der Waals surface area (Å²) in [5, 5.41) is 20.2. The van der Waals surface area contributed by atoms with E-state index in [-0.39, 0.29) is 29.8 Å². The third-order valence-electron chi connectivity index (χ3n) is 7.21. The van der Waals surface area contributed by atoms with Gasteiger partial charge >= 0.3 is 11.9 Å². The molecule has 0 aromatic carbocycles. The van der Waals surface area contributed by atoms with Gasteiger partial charge in [-0.15, -0.1) is 0 Å². The molecular weight excluding hydrogens is 360 g/mol. The Hall–Kier alpha value is -2.08. The lowest BCUT2D eigenvalue weighted by Crippen LogP contribution is -2.55. The lowest BCUT2D eigenvalue weighted by atomic mass is 9.46. The predicted molar refractivity (Wildman–Crippen MR) is 102 cm³/mol. The van der Waals surface area contributed by atoms with Gasteiger partial charge in [-0.1, -0.05) is 13.0 Å². The molecule has 0 radical (unpaired) electrons. The Bertz CT molecular complexity index is 736. The van der Waals surface area contributed by atoms with Crippen LogP contribution in [0, 0.1) is 22.7 Å². The van der Waals surface area contributed by atoms with Crippen LogP contribution in [0.2, 0.25) is 0 Å². The Kier molecular flexibility index (Phi) is 5.98. The van der Waals surface area contributed by atoms with E-state index in [4.69, 9.17) is 9.15 Å². The molecule has 0 saturated heterocycles. The lowest BCUT2D eigenvalue weighted by Gasteiger charge is -2.58. The summed E-state index contributed by atoms with van der Waals surface area (Å²) in [5.41, 5.74) is 0.453. The maximum atomic E-state index is 12.0. The van der Waals surface area contributed by atoms with Gasteiger partial charge < -0.3 is 19.4 Å². The van der Waals surface area contributed by atoms with Crippen LogP contribution in [0.1, 0.15) is 51.5 Å². The van der Waals surface area contributed by atoms with Gasteiger partial charge in [0.15, 0.2) is 0 Å². The number of furan rings is 1. The number of aliphatic carboxylic acids is 1. The third kappa shape index (κ3) is 3.62. The van der Waals surface area contributed by atoms with Crippen molar-refractivity contribution in [2.75, 3.05) is 13.2 Å². The number of hydrogen-bond acceptors (Lipinski definition) is 5. The van der Waals surface area contributed by atoms with Crippen LogP contribution in [0.3, 0.4) is 0 Å². The number of esters is 1. The molecule has 1 aromatic rings. The van der Waals surface area contributed by atoms with Crippen molar-refractivity contribution in [3.05, 3.63) is 35.8 Å². The summed E-state index contributed by atoms with van der Waals surface area (Å²) in [4.78, 5) is 23.4. The van der Waals surface area contributed by atoms with E-state index in [1.165, 1.54) is 6.92 Å². The van der Waals surface area contributed by atoms with E-state index >= 15 is 0 Å². The summed E-state index contributed by atoms with van der Waals surface area (Å²) in [6.07, 6.45) is 9.63. The maximum absolute atomic E-state index is 12.0. The van der Waals surface area contributed by atoms with Gasteiger partial charge in [0.25, 0.3) is 0 Å². The minimum absolute atomic E-state index is 0.0160. The molecule has 1 aromatic heterocycles. The fraction of sp³-hybridized carbons (Fsp3) is 0.636. The highest BCUT2D eigenvalue weighted by atomic mass is 16.5. The van der Waals surface area contributed by atoms with Crippen LogP contribution in [-0.2, 0) is 20.7 Å². The highest BCUT2D eigenvalue weighted by molar-refractivity contribution is 5.88. The van der Waals surface area contributed by atoms with Crippen LogP contribution in [0.5, 0.6) is 0 Å². The molecule has 0 bridgehead atoms. The summed E-state index contributed by atoms with van der Waals surface area (Å²) in [6, 6.07) is 1.94. The fourth-order valence-corrected chi connectivity index (χ4v) is 5.67. The predicted octanol–water partition coefficient (Wildman–Crippen LogP) is 3.59. The number of allylic oxidation sites excluding steroid dienone is 1. The van der Waals surface area contributed by atoms with Crippen LogP contribution in [0.15, 0.2) is 34.7 Å². The zero-order valence-electron chi connectivity index (χ0n) is 16.6. The van der Waals surface area contributed by atoms with Crippen molar-refractivity contribution in [1.29, 1.82) is 0 Å². The van der Waals surface area contributed by atoms with Crippen molar-refractivity contribution in [3.8, 4) is 0 Å². The Morgan fingerprint density at radius 2 is 2.14 bits per heavy atom. The summed E-state index contributed by atoms with van der Waals surface area (Å²) < 4.78 is 10.6. The van der Waals surface area contributed by atoms with E-state index in [1.807, 2.05) is 6.07 Å². The number of hydrogen-bond donors (Lipinski definition) is 2. The summed E-state index contributed by atoms with van der Waals surface area (Å²) in [5.74, 6) is -1.09. The largest absolute Gasteiger partial charge is 0.478 e. The van der Waals surface area contributed by atoms with Gasteiger partial charge in [-0.25, -0.2) is 4.79 Å². The SMILES string of the molecule is CC(=O)OCC1CCC2(CO)C(C(=O)O)=CCCC2C1(C)CCc1ccoc1. The molecule has 2 aliphatic carbocycles. The van der Waals surface area contributed by atoms with Crippen LogP contribution in [0.4, 0.5) is 0 Å². The number of ether oxygens (including phenoxy) is 1. The quantitative estimate of drug-likeness (QED) is 0.691. The van der Waals surface area contributed by atoms with Gasteiger partial charge in [-0.2, -0.15) is 0 Å². The molecule has 0 spiro atoms. The molecule has 6 nitrogen and oxygen atoms in total. The van der Waals surface area contributed by atoms with Gasteiger partial charge in [0, 0.05) is 17.9 Å². The number of aliphatic hydroxyl groups is 1. The zero-order valence-corrected chi connectivity index (χ0v) is 16.6. The maximum Gasteiger partial charge on any atom is 0.331 e. The molecule has 1 saturated carbocycles. The van der Waals surface area contributed by atoms with E-state index in [0.29, 0.717) is 25.0 Å². The van der Waals surface area contributed by atoms with Crippen molar-refractivity contribution < 1.29 is 29.0 Å². The molecule has 28 heavy (non-hydrogen) atoms. The van der Waals surface area contributed by atoms with Crippen molar-refractivity contribution in [2.24, 2.45) is 22.7 Å². The van der Waals surface area contributed by atoms with Crippen LogP contribution in [0.25, 0.3) is 0 Å². The van der Waals surface area contributed by atoms with Crippen molar-refractivity contribution in [3.63, 3.8) is 0 Å². The fourth-order valence-electron chi connectivity index (χ4n) is 5.67. The number of fused-ring (bicyclic) bond motifs is 1. The van der Waals surface area contributed by atoms with Crippen LogP contribution < -0.4 is 0 Å². The summed E-state index contributed by atoms with van der Waals surface area (Å²) >= 11 is 0. The van der Waals surface area contributed by atoms with Crippen LogP contribution in [-0.4, -0.2) is 35.4 Å². The second-order valence-corrected chi connectivity index (χ2v) is 8.54. The summed E-state index contributed by atoms with van der Waals surface area (Å²) in [6.45, 7) is 3.76. The molecule has 154 valence electrons. The minimum Gasteiger partial charge on any atom is -0.478 e. The third-order valence-corrected chi connectivity index (χ3v) is 7.21. The van der Waals surface area contributed by atoms with E-state index in [2.05, 4.69) is 6.92 Å². The molecule has 1 fully saturated rings. The Morgan fingerprint density at radius 1 is 1.36 bits per heavy atom. The number of carbonyl (C=O) groups is 2. The molecule has 0 aliphatic heterocycles. The first kappa shape index (κ1) is 20.6. The highest BCUT2D eigenvalue weighted by Gasteiger charge is 2.58. The number of carboxylic acid groups (broad SMARTS) is 1. The van der Waals surface area contributed by atoms with Gasteiger partial charge in [0.05, 0.1) is 25.7 Å². The molecular formula is C22H30O6. The molecule has 0 amide bonds. The van der Waals surface area contributed by atoms with Gasteiger partial charge in [-0.05, 0) is 67.4 Å². The summed E-state index contributed by atoms with van der Waals surface area (Å²) in [7, 11) is 0. The number of rotatable bonds is 7.